The number of piperazine rings is 1. The molecule has 0 unspecified atom stereocenters. The zero-order valence-corrected chi connectivity index (χ0v) is 16.2. The van der Waals surface area contributed by atoms with Crippen molar-refractivity contribution in [3.63, 3.8) is 0 Å². The second-order valence-corrected chi connectivity index (χ2v) is 7.02. The molecule has 4 heterocycles. The molecule has 0 N–H and O–H groups in total. The van der Waals surface area contributed by atoms with Gasteiger partial charge in [0.15, 0.2) is 0 Å². The predicted octanol–water partition coefficient (Wildman–Crippen LogP) is 1.82. The van der Waals surface area contributed by atoms with E-state index in [4.69, 9.17) is 9.97 Å². The Morgan fingerprint density at radius 1 is 0.926 bits per heavy atom. The molecule has 0 aromatic carbocycles. The van der Waals surface area contributed by atoms with E-state index >= 15 is 0 Å². The smallest absolute Gasteiger partial charge is 0.227 e. The van der Waals surface area contributed by atoms with Crippen LogP contribution in [0.25, 0.3) is 10.9 Å². The molecule has 0 spiro atoms. The summed E-state index contributed by atoms with van der Waals surface area (Å²) in [6, 6.07) is 3.99. The minimum Gasteiger partial charge on any atom is -0.363 e. The van der Waals surface area contributed by atoms with Crippen molar-refractivity contribution in [2.24, 2.45) is 0 Å². The van der Waals surface area contributed by atoms with Crippen molar-refractivity contribution in [1.82, 2.24) is 24.9 Å². The molecule has 140 valence electrons. The highest BCUT2D eigenvalue weighted by atomic mass is 15.3. The topological polar surface area (TPSA) is 74.2 Å². The number of hydrogen-bond acceptors (Lipinski definition) is 8. The lowest BCUT2D eigenvalue weighted by molar-refractivity contribution is 0.634. The van der Waals surface area contributed by atoms with Gasteiger partial charge in [-0.05, 0) is 19.9 Å². The van der Waals surface area contributed by atoms with E-state index in [1.54, 1.807) is 12.4 Å². The van der Waals surface area contributed by atoms with Crippen LogP contribution in [0.4, 0.5) is 17.6 Å². The maximum atomic E-state index is 4.71. The van der Waals surface area contributed by atoms with Gasteiger partial charge in [0.25, 0.3) is 0 Å². The monoisotopic (exact) mass is 364 g/mol. The molecule has 3 aromatic rings. The van der Waals surface area contributed by atoms with E-state index in [1.807, 2.05) is 45.0 Å². The van der Waals surface area contributed by atoms with Crippen LogP contribution in [0.1, 0.15) is 11.5 Å². The quantitative estimate of drug-likeness (QED) is 0.697. The molecule has 0 amide bonds. The van der Waals surface area contributed by atoms with Gasteiger partial charge in [0, 0.05) is 63.6 Å². The molecular weight excluding hydrogens is 340 g/mol. The number of hydrogen-bond donors (Lipinski definition) is 0. The summed E-state index contributed by atoms with van der Waals surface area (Å²) < 4.78 is 0. The number of pyridine rings is 1. The highest BCUT2D eigenvalue weighted by molar-refractivity contribution is 5.88. The first-order chi connectivity index (χ1) is 13.0. The lowest BCUT2D eigenvalue weighted by atomic mass is 10.2. The normalized spacial score (nSPS) is 14.7. The molecular formula is C19H24N8. The third-order valence-electron chi connectivity index (χ3n) is 4.74. The predicted molar refractivity (Wildman–Crippen MR) is 108 cm³/mol. The van der Waals surface area contributed by atoms with Crippen molar-refractivity contribution >= 4 is 28.5 Å². The van der Waals surface area contributed by atoms with Gasteiger partial charge in [-0.3, -0.25) is 4.98 Å². The minimum atomic E-state index is 0.769. The van der Waals surface area contributed by atoms with Crippen molar-refractivity contribution in [1.29, 1.82) is 0 Å². The largest absolute Gasteiger partial charge is 0.363 e. The number of nitrogens with zero attached hydrogens (tertiary/aromatic N) is 8. The standard InChI is InChI=1S/C19H24N8/c1-13-11-17(25(3)4)24-19(21-13)27-9-7-26(8-10-27)18-15-5-6-20-12-16(15)22-14(2)23-18/h5-6,11-12H,7-10H2,1-4H3. The second-order valence-electron chi connectivity index (χ2n) is 7.02. The van der Waals surface area contributed by atoms with E-state index in [9.17, 15) is 0 Å². The molecule has 0 radical (unpaired) electrons. The Bertz CT molecular complexity index is 963. The van der Waals surface area contributed by atoms with Crippen molar-refractivity contribution in [2.45, 2.75) is 13.8 Å². The number of aryl methyl sites for hydroxylation is 2. The summed E-state index contributed by atoms with van der Waals surface area (Å²) in [4.78, 5) is 29.3. The summed E-state index contributed by atoms with van der Waals surface area (Å²) in [5, 5.41) is 1.05. The number of aromatic nitrogens is 5. The third kappa shape index (κ3) is 3.47. The zero-order chi connectivity index (χ0) is 19.0. The third-order valence-corrected chi connectivity index (χ3v) is 4.74. The maximum absolute atomic E-state index is 4.71. The Kier molecular flexibility index (Phi) is 4.47. The van der Waals surface area contributed by atoms with E-state index in [2.05, 4.69) is 24.8 Å². The molecule has 1 aliphatic heterocycles. The van der Waals surface area contributed by atoms with E-state index in [0.29, 0.717) is 0 Å². The van der Waals surface area contributed by atoms with Gasteiger partial charge in [-0.1, -0.05) is 0 Å². The molecule has 8 heteroatoms. The molecule has 1 saturated heterocycles. The number of fused-ring (bicyclic) bond motifs is 1. The fourth-order valence-corrected chi connectivity index (χ4v) is 3.34. The molecule has 0 saturated carbocycles. The Labute approximate surface area is 158 Å². The molecule has 4 rings (SSSR count). The molecule has 0 aliphatic carbocycles. The van der Waals surface area contributed by atoms with Crippen LogP contribution in [0, 0.1) is 13.8 Å². The lowest BCUT2D eigenvalue weighted by Crippen LogP contribution is -2.47. The van der Waals surface area contributed by atoms with Gasteiger partial charge in [0.2, 0.25) is 5.95 Å². The van der Waals surface area contributed by atoms with Gasteiger partial charge < -0.3 is 14.7 Å². The highest BCUT2D eigenvalue weighted by Gasteiger charge is 2.22. The van der Waals surface area contributed by atoms with Gasteiger partial charge in [-0.25, -0.2) is 15.0 Å². The van der Waals surface area contributed by atoms with E-state index in [1.165, 1.54) is 0 Å². The maximum Gasteiger partial charge on any atom is 0.227 e. The van der Waals surface area contributed by atoms with Crippen molar-refractivity contribution < 1.29 is 0 Å². The Morgan fingerprint density at radius 3 is 2.41 bits per heavy atom. The van der Waals surface area contributed by atoms with Crippen LogP contribution in [0.5, 0.6) is 0 Å². The van der Waals surface area contributed by atoms with Crippen molar-refractivity contribution in [3.05, 3.63) is 36.0 Å². The van der Waals surface area contributed by atoms with E-state index < -0.39 is 0 Å². The number of rotatable bonds is 3. The van der Waals surface area contributed by atoms with Gasteiger partial charge in [0.1, 0.15) is 17.5 Å². The van der Waals surface area contributed by atoms with Gasteiger partial charge in [0.05, 0.1) is 11.7 Å². The van der Waals surface area contributed by atoms with Gasteiger partial charge in [-0.15, -0.1) is 0 Å². The average Bonchev–Trinajstić information content (AvgIpc) is 2.67. The summed E-state index contributed by atoms with van der Waals surface area (Å²) in [5.74, 6) is 3.49. The first-order valence-electron chi connectivity index (χ1n) is 9.12. The summed E-state index contributed by atoms with van der Waals surface area (Å²) in [6.07, 6.45) is 3.59. The summed E-state index contributed by atoms with van der Waals surface area (Å²) in [7, 11) is 4.00. The van der Waals surface area contributed by atoms with E-state index in [0.717, 1.165) is 66.2 Å². The minimum absolute atomic E-state index is 0.769. The lowest BCUT2D eigenvalue weighted by Gasteiger charge is -2.36. The highest BCUT2D eigenvalue weighted by Crippen LogP contribution is 2.25. The van der Waals surface area contributed by atoms with Crippen molar-refractivity contribution in [2.75, 3.05) is 55.0 Å². The molecule has 8 nitrogen and oxygen atoms in total. The van der Waals surface area contributed by atoms with E-state index in [-0.39, 0.29) is 0 Å². The molecule has 1 fully saturated rings. The molecule has 0 atom stereocenters. The van der Waals surface area contributed by atoms with Crippen LogP contribution in [0.15, 0.2) is 24.5 Å². The van der Waals surface area contributed by atoms with Crippen LogP contribution in [0.3, 0.4) is 0 Å². The molecule has 3 aromatic heterocycles. The summed E-state index contributed by atoms with van der Waals surface area (Å²) in [6.45, 7) is 7.37. The van der Waals surface area contributed by atoms with Crippen LogP contribution < -0.4 is 14.7 Å². The fraction of sp³-hybridized carbons (Fsp3) is 0.421. The average molecular weight is 364 g/mol. The second kappa shape index (κ2) is 6.94. The Balaban J connectivity index is 1.57. The van der Waals surface area contributed by atoms with Gasteiger partial charge >= 0.3 is 0 Å². The van der Waals surface area contributed by atoms with Crippen LogP contribution >= 0.6 is 0 Å². The van der Waals surface area contributed by atoms with Crippen molar-refractivity contribution in [3.8, 4) is 0 Å². The van der Waals surface area contributed by atoms with Crippen LogP contribution in [0.2, 0.25) is 0 Å². The molecule has 0 bridgehead atoms. The molecule has 27 heavy (non-hydrogen) atoms. The number of anilines is 3. The van der Waals surface area contributed by atoms with Crippen LogP contribution in [-0.4, -0.2) is 65.2 Å². The molecule has 1 aliphatic rings. The van der Waals surface area contributed by atoms with Gasteiger partial charge in [-0.2, -0.15) is 4.98 Å². The fourth-order valence-electron chi connectivity index (χ4n) is 3.34. The Morgan fingerprint density at radius 2 is 1.67 bits per heavy atom. The summed E-state index contributed by atoms with van der Waals surface area (Å²) >= 11 is 0. The zero-order valence-electron chi connectivity index (χ0n) is 16.2. The SMILES string of the molecule is Cc1cc(N(C)C)nc(N2CCN(c3nc(C)nc4cnccc34)CC2)n1. The first kappa shape index (κ1) is 17.4. The summed E-state index contributed by atoms with van der Waals surface area (Å²) in [5.41, 5.74) is 1.87. The first-order valence-corrected chi connectivity index (χ1v) is 9.12. The van der Waals surface area contributed by atoms with Crippen LogP contribution in [-0.2, 0) is 0 Å². The Hall–Kier alpha value is -3.03.